The van der Waals surface area contributed by atoms with Crippen molar-refractivity contribution in [1.82, 2.24) is 0 Å². The average Bonchev–Trinajstić information content (AvgIpc) is 2.24. The van der Waals surface area contributed by atoms with E-state index in [2.05, 4.69) is 20.4 Å². The van der Waals surface area contributed by atoms with Crippen molar-refractivity contribution in [1.29, 1.82) is 0 Å². The maximum absolute atomic E-state index is 11.4. The number of rotatable bonds is 5. The topological polar surface area (TPSA) is 54.4 Å². The molecule has 0 fully saturated rings. The molecule has 0 spiro atoms. The van der Waals surface area contributed by atoms with Crippen LogP contribution in [0.4, 0.5) is 0 Å². The summed E-state index contributed by atoms with van der Waals surface area (Å²) in [5, 5.41) is 0.790. The first-order valence-corrected chi connectivity index (χ1v) is 8.72. The molecule has 0 aliphatic heterocycles. The summed E-state index contributed by atoms with van der Waals surface area (Å²) in [6.07, 6.45) is 1.47. The third-order valence-electron chi connectivity index (χ3n) is 2.60. The zero-order chi connectivity index (χ0) is 13.1. The Morgan fingerprint density at radius 3 is 2.59 bits per heavy atom. The van der Waals surface area contributed by atoms with Gasteiger partial charge in [0, 0.05) is 0 Å². The minimum Gasteiger partial charge on any atom is -0.282 e. The maximum atomic E-state index is 11.4. The van der Waals surface area contributed by atoms with E-state index in [9.17, 15) is 13.0 Å². The lowest BCUT2D eigenvalue weighted by Gasteiger charge is -2.11. The van der Waals surface area contributed by atoms with E-state index < -0.39 is 19.6 Å². The van der Waals surface area contributed by atoms with Crippen LogP contribution in [0.25, 0.3) is 6.08 Å². The van der Waals surface area contributed by atoms with Crippen LogP contribution in [0.1, 0.15) is 19.4 Å². The van der Waals surface area contributed by atoms with E-state index >= 15 is 0 Å². The molecule has 1 N–H and O–H groups in total. The highest BCUT2D eigenvalue weighted by atomic mass is 32.2. The lowest BCUT2D eigenvalue weighted by atomic mass is 10.2. The molecular formula is C12H18O3SSi. The van der Waals surface area contributed by atoms with Crippen LogP contribution in [-0.4, -0.2) is 22.5 Å². The molecule has 1 aromatic rings. The monoisotopic (exact) mass is 270 g/mol. The second-order valence-corrected chi connectivity index (χ2v) is 7.64. The van der Waals surface area contributed by atoms with E-state index in [0.717, 1.165) is 11.2 Å². The molecule has 94 valence electrons. The Bertz CT molecular complexity index is 506. The van der Waals surface area contributed by atoms with Crippen molar-refractivity contribution in [3.05, 3.63) is 30.3 Å². The summed E-state index contributed by atoms with van der Waals surface area (Å²) < 4.78 is 32.1. The Morgan fingerprint density at radius 2 is 2.12 bits per heavy atom. The first-order valence-electron chi connectivity index (χ1n) is 5.58. The highest BCUT2D eigenvalue weighted by molar-refractivity contribution is 7.86. The van der Waals surface area contributed by atoms with E-state index in [1.807, 2.05) is 6.07 Å². The van der Waals surface area contributed by atoms with E-state index in [1.54, 1.807) is 12.1 Å². The fourth-order valence-corrected chi connectivity index (χ4v) is 5.05. The van der Waals surface area contributed by atoms with Gasteiger partial charge in [-0.1, -0.05) is 50.7 Å². The van der Waals surface area contributed by atoms with Crippen LogP contribution in [0.15, 0.2) is 29.7 Å². The summed E-state index contributed by atoms with van der Waals surface area (Å²) in [5.74, 6) is 0.545. The first kappa shape index (κ1) is 14.1. The number of hydrogen-bond acceptors (Lipinski definition) is 2. The predicted octanol–water partition coefficient (Wildman–Crippen LogP) is 1.44. The molecule has 0 unspecified atom stereocenters. The second kappa shape index (κ2) is 5.62. The van der Waals surface area contributed by atoms with Crippen molar-refractivity contribution in [2.24, 2.45) is 5.92 Å². The lowest BCUT2D eigenvalue weighted by molar-refractivity contribution is 0.483. The van der Waals surface area contributed by atoms with Crippen LogP contribution >= 0.6 is 0 Å². The molecule has 0 aliphatic carbocycles. The van der Waals surface area contributed by atoms with Crippen LogP contribution in [-0.2, 0) is 10.1 Å². The van der Waals surface area contributed by atoms with Gasteiger partial charge in [0.05, 0.1) is 14.4 Å². The van der Waals surface area contributed by atoms with Gasteiger partial charge in [-0.25, -0.2) is 0 Å². The van der Waals surface area contributed by atoms with Crippen LogP contribution < -0.4 is 5.19 Å². The van der Waals surface area contributed by atoms with Gasteiger partial charge < -0.3 is 0 Å². The van der Waals surface area contributed by atoms with Crippen LogP contribution in [0, 0.1) is 5.92 Å². The van der Waals surface area contributed by atoms with Crippen molar-refractivity contribution in [2.45, 2.75) is 24.8 Å². The van der Waals surface area contributed by atoms with E-state index in [0.29, 0.717) is 11.5 Å². The molecule has 5 heteroatoms. The van der Waals surface area contributed by atoms with Crippen molar-refractivity contribution in [3.63, 3.8) is 0 Å². The van der Waals surface area contributed by atoms with Gasteiger partial charge >= 0.3 is 0 Å². The molecule has 0 saturated heterocycles. The SMILES string of the molecule is C=Cc1cccc([SiH2]CC(C)C)c1S(=O)(=O)O. The van der Waals surface area contributed by atoms with E-state index in [1.165, 1.54) is 6.08 Å². The molecule has 1 aromatic carbocycles. The minimum atomic E-state index is -4.16. The quantitative estimate of drug-likeness (QED) is 0.651. The summed E-state index contributed by atoms with van der Waals surface area (Å²) >= 11 is 0. The smallest absolute Gasteiger partial charge is 0.282 e. The molecule has 0 aromatic heterocycles. The molecule has 0 atom stereocenters. The Balaban J connectivity index is 3.25. The Morgan fingerprint density at radius 1 is 1.47 bits per heavy atom. The first-order chi connectivity index (χ1) is 7.86. The van der Waals surface area contributed by atoms with Gasteiger partial charge in [-0.2, -0.15) is 8.42 Å². The maximum Gasteiger partial charge on any atom is 0.294 e. The Hall–Kier alpha value is -0.913. The lowest BCUT2D eigenvalue weighted by Crippen LogP contribution is -2.24. The molecule has 0 bridgehead atoms. The summed E-state index contributed by atoms with van der Waals surface area (Å²) in [4.78, 5) is 0.0577. The molecule has 17 heavy (non-hydrogen) atoms. The Kier molecular flexibility index (Phi) is 4.67. The molecule has 3 nitrogen and oxygen atoms in total. The number of hydrogen-bond donors (Lipinski definition) is 1. The van der Waals surface area contributed by atoms with Crippen molar-refractivity contribution in [2.75, 3.05) is 0 Å². The molecule has 1 rings (SSSR count). The zero-order valence-corrected chi connectivity index (χ0v) is 12.4. The van der Waals surface area contributed by atoms with Gasteiger partial charge in [0.25, 0.3) is 10.1 Å². The van der Waals surface area contributed by atoms with Crippen LogP contribution in [0.3, 0.4) is 0 Å². The molecule has 0 aliphatic rings. The van der Waals surface area contributed by atoms with Gasteiger partial charge in [-0.3, -0.25) is 4.55 Å². The summed E-state index contributed by atoms with van der Waals surface area (Å²) in [7, 11) is -4.85. The summed E-state index contributed by atoms with van der Waals surface area (Å²) in [6, 6.07) is 6.28. The fourth-order valence-electron chi connectivity index (χ4n) is 1.72. The average molecular weight is 270 g/mol. The standard InChI is InChI=1S/C12H18O3SSi/c1-4-10-6-5-7-11(17-8-9(2)3)12(10)16(13,14)15/h4-7,9H,1,8,17H2,2-3H3,(H,13,14,15). The summed E-state index contributed by atoms with van der Waals surface area (Å²) in [5.41, 5.74) is 0.487. The van der Waals surface area contributed by atoms with E-state index in [-0.39, 0.29) is 4.90 Å². The third kappa shape index (κ3) is 3.80. The molecule has 0 heterocycles. The highest BCUT2D eigenvalue weighted by Gasteiger charge is 2.18. The largest absolute Gasteiger partial charge is 0.294 e. The minimum absolute atomic E-state index is 0.0577. The van der Waals surface area contributed by atoms with Gasteiger partial charge in [-0.05, 0) is 16.7 Å². The van der Waals surface area contributed by atoms with Crippen LogP contribution in [0.5, 0.6) is 0 Å². The normalized spacial score (nSPS) is 12.5. The van der Waals surface area contributed by atoms with Gasteiger partial charge in [0.15, 0.2) is 0 Å². The molecular weight excluding hydrogens is 252 g/mol. The van der Waals surface area contributed by atoms with Gasteiger partial charge in [0.2, 0.25) is 0 Å². The zero-order valence-electron chi connectivity index (χ0n) is 10.2. The molecule has 0 radical (unpaired) electrons. The van der Waals surface area contributed by atoms with Gasteiger partial charge in [0.1, 0.15) is 0 Å². The predicted molar refractivity (Wildman–Crippen MR) is 74.2 cm³/mol. The van der Waals surface area contributed by atoms with E-state index in [4.69, 9.17) is 0 Å². The van der Waals surface area contributed by atoms with Crippen molar-refractivity contribution in [3.8, 4) is 0 Å². The highest BCUT2D eigenvalue weighted by Crippen LogP contribution is 2.15. The second-order valence-electron chi connectivity index (χ2n) is 4.45. The summed E-state index contributed by atoms with van der Waals surface area (Å²) in [6.45, 7) is 7.80. The molecule has 0 saturated carbocycles. The van der Waals surface area contributed by atoms with Crippen molar-refractivity contribution >= 4 is 30.9 Å². The van der Waals surface area contributed by atoms with Crippen LogP contribution in [0.2, 0.25) is 6.04 Å². The molecule has 0 amide bonds. The van der Waals surface area contributed by atoms with Gasteiger partial charge in [-0.15, -0.1) is 0 Å². The third-order valence-corrected chi connectivity index (χ3v) is 6.44. The number of benzene rings is 1. The fraction of sp³-hybridized carbons (Fsp3) is 0.333. The Labute approximate surface area is 105 Å². The van der Waals surface area contributed by atoms with Crippen molar-refractivity contribution < 1.29 is 13.0 Å².